The van der Waals surface area contributed by atoms with Crippen molar-refractivity contribution in [2.24, 2.45) is 0 Å². The maximum atomic E-state index is 12.6. The average molecular weight is 299 g/mol. The van der Waals surface area contributed by atoms with Crippen molar-refractivity contribution < 1.29 is 18.3 Å². The second-order valence-corrected chi connectivity index (χ2v) is 7.20. The van der Waals surface area contributed by atoms with Gasteiger partial charge < -0.3 is 9.84 Å². The maximum absolute atomic E-state index is 12.6. The van der Waals surface area contributed by atoms with E-state index in [0.717, 1.165) is 0 Å². The van der Waals surface area contributed by atoms with E-state index in [0.29, 0.717) is 18.6 Å². The van der Waals surface area contributed by atoms with E-state index in [1.807, 2.05) is 6.92 Å². The summed E-state index contributed by atoms with van der Waals surface area (Å²) >= 11 is 0. The number of rotatable bonds is 4. The van der Waals surface area contributed by atoms with Crippen molar-refractivity contribution in [2.45, 2.75) is 43.4 Å². The van der Waals surface area contributed by atoms with Crippen molar-refractivity contribution in [2.75, 3.05) is 13.7 Å². The number of hydrogen-bond acceptors (Lipinski definition) is 4. The average Bonchev–Trinajstić information content (AvgIpc) is 2.84. The molecule has 1 fully saturated rings. The van der Waals surface area contributed by atoms with Gasteiger partial charge in [0, 0.05) is 13.7 Å². The van der Waals surface area contributed by atoms with Crippen molar-refractivity contribution in [3.63, 3.8) is 0 Å². The fourth-order valence-electron chi connectivity index (χ4n) is 2.46. The summed E-state index contributed by atoms with van der Waals surface area (Å²) in [6.45, 7) is 4.13. The fourth-order valence-corrected chi connectivity index (χ4v) is 3.91. The van der Waals surface area contributed by atoms with E-state index >= 15 is 0 Å². The standard InChI is InChI=1S/C14H21NO4S/c1-10(16)12-4-6-13(7-5-12)20(17,18)15(3)14-8-9-19-11(14)2/h4-7,10-11,14,16H,8-9H2,1-3H3. The molecule has 0 aliphatic carbocycles. The highest BCUT2D eigenvalue weighted by molar-refractivity contribution is 7.89. The Kier molecular flexibility index (Phi) is 4.49. The number of likely N-dealkylation sites (N-methyl/N-ethyl adjacent to an activating group) is 1. The molecule has 1 aliphatic rings. The number of nitrogens with zero attached hydrogens (tertiary/aromatic N) is 1. The molecule has 0 spiro atoms. The summed E-state index contributed by atoms with van der Waals surface area (Å²) in [7, 11) is -1.94. The van der Waals surface area contributed by atoms with Gasteiger partial charge in [-0.1, -0.05) is 12.1 Å². The van der Waals surface area contributed by atoms with Crippen molar-refractivity contribution in [1.82, 2.24) is 4.31 Å². The minimum atomic E-state index is -3.53. The van der Waals surface area contributed by atoms with Crippen LogP contribution in [0.2, 0.25) is 0 Å². The Morgan fingerprint density at radius 1 is 1.35 bits per heavy atom. The quantitative estimate of drug-likeness (QED) is 0.916. The molecule has 20 heavy (non-hydrogen) atoms. The van der Waals surface area contributed by atoms with E-state index in [1.54, 1.807) is 26.1 Å². The van der Waals surface area contributed by atoms with Gasteiger partial charge >= 0.3 is 0 Å². The zero-order valence-corrected chi connectivity index (χ0v) is 12.8. The monoisotopic (exact) mass is 299 g/mol. The molecule has 6 heteroatoms. The summed E-state index contributed by atoms with van der Waals surface area (Å²) in [5.41, 5.74) is 0.698. The van der Waals surface area contributed by atoms with Crippen molar-refractivity contribution in [1.29, 1.82) is 0 Å². The molecule has 1 aromatic rings. The minimum absolute atomic E-state index is 0.0912. The number of hydrogen-bond donors (Lipinski definition) is 1. The molecule has 1 N–H and O–H groups in total. The van der Waals surface area contributed by atoms with Crippen LogP contribution in [-0.4, -0.2) is 43.6 Å². The van der Waals surface area contributed by atoms with Crippen LogP contribution in [0.3, 0.4) is 0 Å². The third kappa shape index (κ3) is 2.88. The molecule has 1 aromatic carbocycles. The lowest BCUT2D eigenvalue weighted by Gasteiger charge is -2.26. The third-order valence-corrected chi connectivity index (χ3v) is 5.74. The van der Waals surface area contributed by atoms with E-state index in [2.05, 4.69) is 0 Å². The number of benzene rings is 1. The van der Waals surface area contributed by atoms with E-state index < -0.39 is 16.1 Å². The molecule has 1 aliphatic heterocycles. The van der Waals surface area contributed by atoms with Crippen LogP contribution in [0.4, 0.5) is 0 Å². The molecule has 0 saturated carbocycles. The van der Waals surface area contributed by atoms with Crippen LogP contribution in [-0.2, 0) is 14.8 Å². The smallest absolute Gasteiger partial charge is 0.243 e. The highest BCUT2D eigenvalue weighted by Gasteiger charge is 2.35. The van der Waals surface area contributed by atoms with Gasteiger partial charge in [-0.15, -0.1) is 0 Å². The molecular formula is C14H21NO4S. The van der Waals surface area contributed by atoms with Crippen LogP contribution < -0.4 is 0 Å². The largest absolute Gasteiger partial charge is 0.389 e. The first-order valence-corrected chi connectivity index (χ1v) is 8.15. The molecule has 3 atom stereocenters. The van der Waals surface area contributed by atoms with E-state index in [9.17, 15) is 13.5 Å². The Balaban J connectivity index is 2.25. The topological polar surface area (TPSA) is 66.8 Å². The zero-order valence-electron chi connectivity index (χ0n) is 12.0. The van der Waals surface area contributed by atoms with Gasteiger partial charge in [-0.2, -0.15) is 4.31 Å². The number of aliphatic hydroxyl groups is 1. The molecule has 2 rings (SSSR count). The molecule has 0 amide bonds. The van der Waals surface area contributed by atoms with Gasteiger partial charge in [0.05, 0.1) is 23.1 Å². The van der Waals surface area contributed by atoms with Gasteiger partial charge in [0.15, 0.2) is 0 Å². The number of sulfonamides is 1. The van der Waals surface area contributed by atoms with E-state index in [1.165, 1.54) is 16.4 Å². The van der Waals surface area contributed by atoms with Gasteiger partial charge in [-0.05, 0) is 38.0 Å². The van der Waals surface area contributed by atoms with Crippen LogP contribution >= 0.6 is 0 Å². The molecule has 1 saturated heterocycles. The second-order valence-electron chi connectivity index (χ2n) is 5.20. The predicted molar refractivity (Wildman–Crippen MR) is 75.8 cm³/mol. The molecule has 3 unspecified atom stereocenters. The Morgan fingerprint density at radius 2 is 1.95 bits per heavy atom. The molecule has 112 valence electrons. The van der Waals surface area contributed by atoms with Crippen molar-refractivity contribution >= 4 is 10.0 Å². The van der Waals surface area contributed by atoms with Crippen molar-refractivity contribution in [3.05, 3.63) is 29.8 Å². The summed E-state index contributed by atoms with van der Waals surface area (Å²) < 4.78 is 31.9. The van der Waals surface area contributed by atoms with Crippen molar-refractivity contribution in [3.8, 4) is 0 Å². The van der Waals surface area contributed by atoms with Crippen LogP contribution in [0.25, 0.3) is 0 Å². The van der Waals surface area contributed by atoms with Crippen LogP contribution in [0.15, 0.2) is 29.2 Å². The lowest BCUT2D eigenvalue weighted by Crippen LogP contribution is -2.40. The number of ether oxygens (including phenoxy) is 1. The molecule has 5 nitrogen and oxygen atoms in total. The summed E-state index contributed by atoms with van der Waals surface area (Å²) in [5.74, 6) is 0. The van der Waals surface area contributed by atoms with Crippen LogP contribution in [0.1, 0.15) is 31.9 Å². The number of aliphatic hydroxyl groups excluding tert-OH is 1. The highest BCUT2D eigenvalue weighted by atomic mass is 32.2. The van der Waals surface area contributed by atoms with Gasteiger partial charge in [-0.3, -0.25) is 0 Å². The van der Waals surface area contributed by atoms with Gasteiger partial charge in [0.25, 0.3) is 0 Å². The van der Waals surface area contributed by atoms with Crippen LogP contribution in [0.5, 0.6) is 0 Å². The SMILES string of the molecule is CC(O)c1ccc(S(=O)(=O)N(C)C2CCOC2C)cc1. The molecule has 0 aromatic heterocycles. The molecule has 0 radical (unpaired) electrons. The molecule has 0 bridgehead atoms. The van der Waals surface area contributed by atoms with Gasteiger partial charge in [-0.25, -0.2) is 8.42 Å². The first-order chi connectivity index (χ1) is 9.34. The summed E-state index contributed by atoms with van der Waals surface area (Å²) in [4.78, 5) is 0.239. The second kappa shape index (κ2) is 5.81. The Morgan fingerprint density at radius 3 is 2.40 bits per heavy atom. The Bertz CT molecular complexity index is 553. The molecule has 1 heterocycles. The summed E-state index contributed by atoms with van der Waals surface area (Å²) in [6.07, 6.45) is 0.0158. The lowest BCUT2D eigenvalue weighted by molar-refractivity contribution is 0.102. The maximum Gasteiger partial charge on any atom is 0.243 e. The fraction of sp³-hybridized carbons (Fsp3) is 0.571. The Hall–Kier alpha value is -0.950. The highest BCUT2D eigenvalue weighted by Crippen LogP contribution is 2.25. The summed E-state index contributed by atoms with van der Waals surface area (Å²) in [5, 5.41) is 9.46. The van der Waals surface area contributed by atoms with Gasteiger partial charge in [0.1, 0.15) is 0 Å². The van der Waals surface area contributed by atoms with Crippen LogP contribution in [0, 0.1) is 0 Å². The summed E-state index contributed by atoms with van der Waals surface area (Å²) in [6, 6.07) is 6.22. The van der Waals surface area contributed by atoms with E-state index in [-0.39, 0.29) is 17.0 Å². The first-order valence-electron chi connectivity index (χ1n) is 6.71. The minimum Gasteiger partial charge on any atom is -0.389 e. The normalized spacial score (nSPS) is 25.1. The first kappa shape index (κ1) is 15.4. The molecular weight excluding hydrogens is 278 g/mol. The van der Waals surface area contributed by atoms with E-state index in [4.69, 9.17) is 4.74 Å². The lowest BCUT2D eigenvalue weighted by atomic mass is 10.1. The van der Waals surface area contributed by atoms with Gasteiger partial charge in [0.2, 0.25) is 10.0 Å². The zero-order chi connectivity index (χ0) is 14.9. The Labute approximate surface area is 120 Å². The predicted octanol–water partition coefficient (Wildman–Crippen LogP) is 1.54. The third-order valence-electron chi connectivity index (χ3n) is 3.84.